The van der Waals surface area contributed by atoms with E-state index in [1.165, 1.54) is 12.1 Å². The van der Waals surface area contributed by atoms with Crippen LogP contribution in [0.25, 0.3) is 0 Å². The van der Waals surface area contributed by atoms with Crippen molar-refractivity contribution in [1.29, 1.82) is 0 Å². The largest absolute Gasteiger partial charge is 0.497 e. The van der Waals surface area contributed by atoms with Crippen molar-refractivity contribution in [2.75, 3.05) is 7.11 Å². The monoisotopic (exact) mass is 299 g/mol. The normalized spacial score (nSPS) is 13.7. The van der Waals surface area contributed by atoms with Gasteiger partial charge in [0.1, 0.15) is 11.6 Å². The van der Waals surface area contributed by atoms with Gasteiger partial charge < -0.3 is 9.64 Å². The van der Waals surface area contributed by atoms with Crippen LogP contribution in [0.4, 0.5) is 4.39 Å². The van der Waals surface area contributed by atoms with Gasteiger partial charge in [-0.1, -0.05) is 18.2 Å². The lowest BCUT2D eigenvalue weighted by Gasteiger charge is -2.23. The fraction of sp³-hybridized carbons (Fsp3) is 0.278. The summed E-state index contributed by atoms with van der Waals surface area (Å²) in [6, 6.07) is 13.8. The molecule has 2 aromatic carbocycles. The lowest BCUT2D eigenvalue weighted by molar-refractivity contribution is 0.0729. The third-order valence-corrected chi connectivity index (χ3v) is 3.81. The second-order valence-electron chi connectivity index (χ2n) is 5.53. The van der Waals surface area contributed by atoms with E-state index in [-0.39, 0.29) is 17.8 Å². The molecule has 0 atom stereocenters. The third-order valence-electron chi connectivity index (χ3n) is 3.81. The van der Waals surface area contributed by atoms with Crippen LogP contribution in [0.3, 0.4) is 0 Å². The van der Waals surface area contributed by atoms with Crippen molar-refractivity contribution in [3.63, 3.8) is 0 Å². The molecule has 3 rings (SSSR count). The molecule has 0 heterocycles. The van der Waals surface area contributed by atoms with Crippen LogP contribution in [0.1, 0.15) is 28.8 Å². The number of carbonyl (C=O) groups is 1. The first-order chi connectivity index (χ1) is 10.7. The third kappa shape index (κ3) is 3.27. The Hall–Kier alpha value is -2.36. The molecule has 1 amide bonds. The molecule has 0 spiro atoms. The first kappa shape index (κ1) is 14.6. The highest BCUT2D eigenvalue weighted by atomic mass is 19.1. The van der Waals surface area contributed by atoms with E-state index in [4.69, 9.17) is 4.74 Å². The van der Waals surface area contributed by atoms with Gasteiger partial charge in [0.05, 0.1) is 7.11 Å². The summed E-state index contributed by atoms with van der Waals surface area (Å²) in [4.78, 5) is 14.6. The molecular weight excluding hydrogens is 281 g/mol. The number of rotatable bonds is 5. The quantitative estimate of drug-likeness (QED) is 0.843. The Morgan fingerprint density at radius 3 is 2.68 bits per heavy atom. The van der Waals surface area contributed by atoms with Crippen molar-refractivity contribution >= 4 is 5.91 Å². The van der Waals surface area contributed by atoms with Crippen molar-refractivity contribution in [1.82, 2.24) is 4.90 Å². The van der Waals surface area contributed by atoms with Crippen LogP contribution in [-0.2, 0) is 6.54 Å². The molecule has 0 N–H and O–H groups in total. The zero-order valence-corrected chi connectivity index (χ0v) is 12.5. The summed E-state index contributed by atoms with van der Waals surface area (Å²) in [5.41, 5.74) is 1.41. The van der Waals surface area contributed by atoms with Gasteiger partial charge in [-0.05, 0) is 48.7 Å². The Kier molecular flexibility index (Phi) is 4.09. The molecule has 22 heavy (non-hydrogen) atoms. The zero-order valence-electron chi connectivity index (χ0n) is 12.5. The van der Waals surface area contributed by atoms with Crippen LogP contribution in [-0.4, -0.2) is 24.0 Å². The van der Waals surface area contributed by atoms with E-state index >= 15 is 0 Å². The van der Waals surface area contributed by atoms with Crippen molar-refractivity contribution < 1.29 is 13.9 Å². The highest BCUT2D eigenvalue weighted by Crippen LogP contribution is 2.30. The maximum absolute atomic E-state index is 13.3. The van der Waals surface area contributed by atoms with E-state index in [0.717, 1.165) is 18.4 Å². The maximum Gasteiger partial charge on any atom is 0.254 e. The SMILES string of the molecule is COc1cccc(C(=O)N(Cc2cccc(F)c2)C2CC2)c1. The molecule has 2 aromatic rings. The standard InChI is InChI=1S/C18H18FNO2/c1-22-17-7-3-5-14(11-17)18(21)20(16-8-9-16)12-13-4-2-6-15(19)10-13/h2-7,10-11,16H,8-9,12H2,1H3. The smallest absolute Gasteiger partial charge is 0.254 e. The Bertz CT molecular complexity index is 682. The number of halogens is 1. The minimum atomic E-state index is -0.276. The molecule has 1 fully saturated rings. The number of methoxy groups -OCH3 is 1. The summed E-state index contributed by atoms with van der Waals surface area (Å²) in [6.45, 7) is 0.429. The van der Waals surface area contributed by atoms with E-state index < -0.39 is 0 Å². The average molecular weight is 299 g/mol. The van der Waals surface area contributed by atoms with E-state index in [1.54, 1.807) is 31.4 Å². The van der Waals surface area contributed by atoms with Gasteiger partial charge in [-0.3, -0.25) is 4.79 Å². The fourth-order valence-electron chi connectivity index (χ4n) is 2.51. The molecule has 0 radical (unpaired) electrons. The number of amides is 1. The minimum Gasteiger partial charge on any atom is -0.497 e. The Balaban J connectivity index is 1.82. The predicted molar refractivity (Wildman–Crippen MR) is 82.3 cm³/mol. The summed E-state index contributed by atoms with van der Waals surface area (Å²) < 4.78 is 18.5. The van der Waals surface area contributed by atoms with E-state index in [0.29, 0.717) is 17.9 Å². The molecule has 0 bridgehead atoms. The summed E-state index contributed by atoms with van der Waals surface area (Å²) in [6.07, 6.45) is 2.01. The highest BCUT2D eigenvalue weighted by Gasteiger charge is 2.33. The molecule has 1 saturated carbocycles. The second kappa shape index (κ2) is 6.18. The number of ether oxygens (including phenoxy) is 1. The number of benzene rings is 2. The van der Waals surface area contributed by atoms with Crippen molar-refractivity contribution in [2.24, 2.45) is 0 Å². The van der Waals surface area contributed by atoms with E-state index in [1.807, 2.05) is 17.0 Å². The summed E-state index contributed by atoms with van der Waals surface area (Å²) >= 11 is 0. The Labute approximate surface area is 129 Å². The van der Waals surface area contributed by atoms with Gasteiger partial charge in [-0.25, -0.2) is 4.39 Å². The van der Waals surface area contributed by atoms with Gasteiger partial charge in [0.2, 0.25) is 0 Å². The minimum absolute atomic E-state index is 0.0364. The van der Waals surface area contributed by atoms with Crippen LogP contribution < -0.4 is 4.74 Å². The van der Waals surface area contributed by atoms with Gasteiger partial charge in [0.25, 0.3) is 5.91 Å². The zero-order chi connectivity index (χ0) is 15.5. The average Bonchev–Trinajstić information content (AvgIpc) is 3.37. The fourth-order valence-corrected chi connectivity index (χ4v) is 2.51. The Morgan fingerprint density at radius 1 is 1.23 bits per heavy atom. The van der Waals surface area contributed by atoms with Crippen molar-refractivity contribution in [2.45, 2.75) is 25.4 Å². The van der Waals surface area contributed by atoms with Gasteiger partial charge in [0, 0.05) is 18.2 Å². The lowest BCUT2D eigenvalue weighted by Crippen LogP contribution is -2.32. The van der Waals surface area contributed by atoms with E-state index in [2.05, 4.69) is 0 Å². The topological polar surface area (TPSA) is 29.5 Å². The molecule has 1 aliphatic rings. The van der Waals surface area contributed by atoms with Crippen LogP contribution in [0.5, 0.6) is 5.75 Å². The van der Waals surface area contributed by atoms with Gasteiger partial charge in [0.15, 0.2) is 0 Å². The van der Waals surface area contributed by atoms with Gasteiger partial charge in [-0.2, -0.15) is 0 Å². The lowest BCUT2D eigenvalue weighted by atomic mass is 10.1. The van der Waals surface area contributed by atoms with Crippen LogP contribution in [0, 0.1) is 5.82 Å². The molecule has 3 nitrogen and oxygen atoms in total. The van der Waals surface area contributed by atoms with Crippen LogP contribution in [0.2, 0.25) is 0 Å². The number of hydrogen-bond donors (Lipinski definition) is 0. The van der Waals surface area contributed by atoms with Crippen LogP contribution >= 0.6 is 0 Å². The van der Waals surface area contributed by atoms with Gasteiger partial charge >= 0.3 is 0 Å². The summed E-state index contributed by atoms with van der Waals surface area (Å²) in [5, 5.41) is 0. The van der Waals surface area contributed by atoms with Gasteiger partial charge in [-0.15, -0.1) is 0 Å². The molecule has 0 unspecified atom stereocenters. The number of hydrogen-bond acceptors (Lipinski definition) is 2. The molecule has 0 aromatic heterocycles. The molecule has 114 valence electrons. The Morgan fingerprint density at radius 2 is 2.00 bits per heavy atom. The predicted octanol–water partition coefficient (Wildman–Crippen LogP) is 3.64. The van der Waals surface area contributed by atoms with Crippen molar-refractivity contribution in [3.8, 4) is 5.75 Å². The first-order valence-electron chi connectivity index (χ1n) is 7.37. The number of nitrogens with zero attached hydrogens (tertiary/aromatic N) is 1. The molecule has 0 saturated heterocycles. The van der Waals surface area contributed by atoms with E-state index in [9.17, 15) is 9.18 Å². The summed E-state index contributed by atoms with van der Waals surface area (Å²) in [5.74, 6) is 0.347. The van der Waals surface area contributed by atoms with Crippen LogP contribution in [0.15, 0.2) is 48.5 Å². The maximum atomic E-state index is 13.3. The molecule has 4 heteroatoms. The van der Waals surface area contributed by atoms with Crippen molar-refractivity contribution in [3.05, 3.63) is 65.5 Å². The number of carbonyl (C=O) groups excluding carboxylic acids is 1. The molecule has 0 aliphatic heterocycles. The first-order valence-corrected chi connectivity index (χ1v) is 7.37. The highest BCUT2D eigenvalue weighted by molar-refractivity contribution is 5.95. The molecular formula is C18H18FNO2. The molecule has 1 aliphatic carbocycles. The second-order valence-corrected chi connectivity index (χ2v) is 5.53. The summed E-state index contributed by atoms with van der Waals surface area (Å²) in [7, 11) is 1.58.